The molecular weight excluding hydrogens is 803 g/mol. The summed E-state index contributed by atoms with van der Waals surface area (Å²) in [5.74, 6) is -0.0503. The van der Waals surface area contributed by atoms with Gasteiger partial charge in [-0.3, -0.25) is 9.59 Å². The number of amides is 1. The van der Waals surface area contributed by atoms with E-state index in [2.05, 4.69) is 19.2 Å². The van der Waals surface area contributed by atoms with Crippen LogP contribution in [0.4, 0.5) is 0 Å². The first-order valence-corrected chi connectivity index (χ1v) is 29.8. The molecule has 0 aromatic carbocycles. The lowest BCUT2D eigenvalue weighted by atomic mass is 10.0. The number of aliphatic hydroxyl groups excluding tert-OH is 2. The van der Waals surface area contributed by atoms with Crippen LogP contribution in [0.15, 0.2) is 0 Å². The molecule has 2 unspecified atom stereocenters. The Morgan fingerprint density at radius 1 is 0.369 bits per heavy atom. The van der Waals surface area contributed by atoms with Crippen LogP contribution >= 0.6 is 0 Å². The largest absolute Gasteiger partial charge is 0.466 e. The zero-order valence-corrected chi connectivity index (χ0v) is 44.3. The highest BCUT2D eigenvalue weighted by molar-refractivity contribution is 5.76. The second-order valence-electron chi connectivity index (χ2n) is 20.7. The molecule has 3 N–H and O–H groups in total. The minimum Gasteiger partial charge on any atom is -0.466 e. The van der Waals surface area contributed by atoms with E-state index >= 15 is 0 Å². The van der Waals surface area contributed by atoms with Crippen molar-refractivity contribution in [1.29, 1.82) is 0 Å². The van der Waals surface area contributed by atoms with Gasteiger partial charge in [0.15, 0.2) is 0 Å². The normalized spacial score (nSPS) is 12.5. The van der Waals surface area contributed by atoms with Gasteiger partial charge in [0.1, 0.15) is 0 Å². The predicted octanol–water partition coefficient (Wildman–Crippen LogP) is 18.3. The van der Waals surface area contributed by atoms with Gasteiger partial charge in [-0.15, -0.1) is 0 Å². The van der Waals surface area contributed by atoms with Gasteiger partial charge in [-0.25, -0.2) is 0 Å². The first-order chi connectivity index (χ1) is 32.0. The summed E-state index contributed by atoms with van der Waals surface area (Å²) in [4.78, 5) is 24.6. The molecular formula is C59H117NO5. The van der Waals surface area contributed by atoms with E-state index in [4.69, 9.17) is 4.74 Å². The fraction of sp³-hybridized carbons (Fsp3) is 0.966. The van der Waals surface area contributed by atoms with E-state index in [1.165, 1.54) is 250 Å². The van der Waals surface area contributed by atoms with Gasteiger partial charge in [-0.1, -0.05) is 303 Å². The lowest BCUT2D eigenvalue weighted by Gasteiger charge is -2.22. The smallest absolute Gasteiger partial charge is 0.305 e. The molecule has 65 heavy (non-hydrogen) atoms. The van der Waals surface area contributed by atoms with Crippen molar-refractivity contribution in [3.8, 4) is 0 Å². The third kappa shape index (κ3) is 52.1. The molecule has 0 aliphatic rings. The van der Waals surface area contributed by atoms with Gasteiger partial charge in [0, 0.05) is 12.8 Å². The van der Waals surface area contributed by atoms with Gasteiger partial charge < -0.3 is 20.3 Å². The maximum absolute atomic E-state index is 12.5. The quantitative estimate of drug-likeness (QED) is 0.0417. The first-order valence-electron chi connectivity index (χ1n) is 29.8. The summed E-state index contributed by atoms with van der Waals surface area (Å²) in [6.07, 6.45) is 63.8. The van der Waals surface area contributed by atoms with E-state index < -0.39 is 12.1 Å². The number of unbranched alkanes of at least 4 members (excludes halogenated alkanes) is 45. The second-order valence-corrected chi connectivity index (χ2v) is 20.7. The molecule has 0 aromatic rings. The lowest BCUT2D eigenvalue weighted by Crippen LogP contribution is -2.45. The van der Waals surface area contributed by atoms with E-state index in [9.17, 15) is 19.8 Å². The lowest BCUT2D eigenvalue weighted by molar-refractivity contribution is -0.143. The SMILES string of the molecule is CCCCCCCCCCCCCCCCCCCCCCC(O)C(CO)NC(=O)CCCCCCCCCCCCCCOC(=O)CCCCCCCCCCCCCCCCCC. The molecule has 388 valence electrons. The predicted molar refractivity (Wildman–Crippen MR) is 283 cm³/mol. The number of carbonyl (C=O) groups excluding carboxylic acids is 2. The second kappa shape index (κ2) is 55.5. The van der Waals surface area contributed by atoms with Gasteiger partial charge in [0.05, 0.1) is 25.4 Å². The molecule has 6 heteroatoms. The van der Waals surface area contributed by atoms with Crippen LogP contribution in [0, 0.1) is 0 Å². The Balaban J connectivity index is 3.43. The van der Waals surface area contributed by atoms with Crippen molar-refractivity contribution in [1.82, 2.24) is 5.32 Å². The number of aliphatic hydroxyl groups is 2. The molecule has 2 atom stereocenters. The van der Waals surface area contributed by atoms with Crippen LogP contribution in [-0.2, 0) is 14.3 Å². The van der Waals surface area contributed by atoms with Gasteiger partial charge in [0.2, 0.25) is 5.91 Å². The van der Waals surface area contributed by atoms with Crippen molar-refractivity contribution in [3.05, 3.63) is 0 Å². The molecule has 1 amide bonds. The van der Waals surface area contributed by atoms with Crippen LogP contribution in [0.5, 0.6) is 0 Å². The summed E-state index contributed by atoms with van der Waals surface area (Å²) < 4.78 is 5.48. The summed E-state index contributed by atoms with van der Waals surface area (Å²) >= 11 is 0. The third-order valence-corrected chi connectivity index (χ3v) is 14.2. The summed E-state index contributed by atoms with van der Waals surface area (Å²) in [6, 6.07) is -0.552. The number of rotatable bonds is 56. The van der Waals surface area contributed by atoms with Crippen LogP contribution in [0.25, 0.3) is 0 Å². The van der Waals surface area contributed by atoms with Crippen molar-refractivity contribution >= 4 is 11.9 Å². The standard InChI is InChI=1S/C59H117NO5/c1-3-5-7-9-11-13-15-17-19-21-22-23-24-25-27-31-35-39-43-47-51-57(62)56(55-61)60-58(63)52-48-44-40-36-32-29-30-34-38-42-46-50-54-65-59(64)53-49-45-41-37-33-28-26-20-18-16-14-12-10-8-6-4-2/h56-57,61-62H,3-55H2,1-2H3,(H,60,63). The molecule has 0 heterocycles. The molecule has 0 aliphatic heterocycles. The minimum absolute atomic E-state index is 0.00430. The van der Waals surface area contributed by atoms with Crippen LogP contribution in [0.2, 0.25) is 0 Å². The summed E-state index contributed by atoms with van der Waals surface area (Å²) in [7, 11) is 0. The topological polar surface area (TPSA) is 95.9 Å². The Labute approximate surface area is 406 Å². The van der Waals surface area contributed by atoms with Gasteiger partial charge in [-0.2, -0.15) is 0 Å². The Kier molecular flexibility index (Phi) is 54.5. The van der Waals surface area contributed by atoms with Gasteiger partial charge in [0.25, 0.3) is 0 Å². The van der Waals surface area contributed by atoms with Crippen LogP contribution in [0.1, 0.15) is 341 Å². The van der Waals surface area contributed by atoms with Crippen molar-refractivity contribution in [2.75, 3.05) is 13.2 Å². The van der Waals surface area contributed by atoms with E-state index in [-0.39, 0.29) is 18.5 Å². The zero-order valence-electron chi connectivity index (χ0n) is 44.3. The molecule has 0 fully saturated rings. The number of esters is 1. The fourth-order valence-corrected chi connectivity index (χ4v) is 9.58. The van der Waals surface area contributed by atoms with Gasteiger partial charge in [-0.05, 0) is 25.7 Å². The number of hydrogen-bond acceptors (Lipinski definition) is 5. The summed E-state index contributed by atoms with van der Waals surface area (Å²) in [5, 5.41) is 23.3. The Hall–Kier alpha value is -1.14. The Morgan fingerprint density at radius 2 is 0.631 bits per heavy atom. The van der Waals surface area contributed by atoms with E-state index in [1.54, 1.807) is 0 Å². The maximum Gasteiger partial charge on any atom is 0.305 e. The molecule has 0 radical (unpaired) electrons. The highest BCUT2D eigenvalue weighted by Crippen LogP contribution is 2.18. The van der Waals surface area contributed by atoms with Gasteiger partial charge >= 0.3 is 5.97 Å². The van der Waals surface area contributed by atoms with Crippen LogP contribution in [-0.4, -0.2) is 47.4 Å². The monoisotopic (exact) mass is 920 g/mol. The minimum atomic E-state index is -0.674. The molecule has 6 nitrogen and oxygen atoms in total. The Morgan fingerprint density at radius 3 is 0.938 bits per heavy atom. The fourth-order valence-electron chi connectivity index (χ4n) is 9.58. The van der Waals surface area contributed by atoms with E-state index in [1.807, 2.05) is 0 Å². The number of hydrogen-bond donors (Lipinski definition) is 3. The molecule has 0 aromatic heterocycles. The average molecular weight is 921 g/mol. The number of nitrogens with one attached hydrogen (secondary N) is 1. The molecule has 0 rings (SSSR count). The van der Waals surface area contributed by atoms with Crippen LogP contribution < -0.4 is 5.32 Å². The molecule has 0 bridgehead atoms. The third-order valence-electron chi connectivity index (χ3n) is 14.2. The summed E-state index contributed by atoms with van der Waals surface area (Å²) in [6.45, 7) is 4.96. The van der Waals surface area contributed by atoms with Crippen molar-refractivity contribution < 1.29 is 24.5 Å². The number of ether oxygens (including phenoxy) is 1. The van der Waals surface area contributed by atoms with Crippen molar-refractivity contribution in [2.45, 2.75) is 353 Å². The highest BCUT2D eigenvalue weighted by Gasteiger charge is 2.20. The first kappa shape index (κ1) is 63.9. The maximum atomic E-state index is 12.5. The van der Waals surface area contributed by atoms with E-state index in [0.717, 1.165) is 57.8 Å². The Bertz CT molecular complexity index is 928. The molecule has 0 aliphatic carbocycles. The van der Waals surface area contributed by atoms with Crippen molar-refractivity contribution in [2.24, 2.45) is 0 Å². The van der Waals surface area contributed by atoms with E-state index in [0.29, 0.717) is 25.9 Å². The molecule has 0 saturated carbocycles. The zero-order chi connectivity index (χ0) is 47.2. The molecule has 0 saturated heterocycles. The number of carbonyl (C=O) groups is 2. The van der Waals surface area contributed by atoms with Crippen molar-refractivity contribution in [3.63, 3.8) is 0 Å². The van der Waals surface area contributed by atoms with Crippen LogP contribution in [0.3, 0.4) is 0 Å². The molecule has 0 spiro atoms. The average Bonchev–Trinajstić information content (AvgIpc) is 3.31. The summed E-state index contributed by atoms with van der Waals surface area (Å²) in [5.41, 5.74) is 0. The highest BCUT2D eigenvalue weighted by atomic mass is 16.5.